The van der Waals surface area contributed by atoms with Gasteiger partial charge in [0.2, 0.25) is 0 Å². The summed E-state index contributed by atoms with van der Waals surface area (Å²) in [6.07, 6.45) is 1.02. The minimum Gasteiger partial charge on any atom is -0.507 e. The van der Waals surface area contributed by atoms with Crippen LogP contribution in [0.3, 0.4) is 0 Å². The van der Waals surface area contributed by atoms with Gasteiger partial charge in [0.15, 0.2) is 0 Å². The van der Waals surface area contributed by atoms with Crippen molar-refractivity contribution in [2.24, 2.45) is 5.92 Å². The normalized spacial score (nSPS) is 10.7. The standard InChI is InChI=1S/C17H20O2/c1-13(2)11-12-19-17-10-6-4-8-15(17)14-7-3-5-9-16(14)18/h3-10,13,18H,11-12H2,1-2H3. The highest BCUT2D eigenvalue weighted by molar-refractivity contribution is 5.75. The third-order valence-corrected chi connectivity index (χ3v) is 3.03. The van der Waals surface area contributed by atoms with Gasteiger partial charge in [-0.3, -0.25) is 0 Å². The van der Waals surface area contributed by atoms with Crippen molar-refractivity contribution >= 4 is 0 Å². The summed E-state index contributed by atoms with van der Waals surface area (Å²) in [4.78, 5) is 0. The molecule has 100 valence electrons. The highest BCUT2D eigenvalue weighted by Crippen LogP contribution is 2.35. The van der Waals surface area contributed by atoms with Crippen LogP contribution in [0.25, 0.3) is 11.1 Å². The van der Waals surface area contributed by atoms with E-state index in [9.17, 15) is 5.11 Å². The first-order chi connectivity index (χ1) is 9.18. The first kappa shape index (κ1) is 13.5. The van der Waals surface area contributed by atoms with Gasteiger partial charge in [-0.25, -0.2) is 0 Å². The van der Waals surface area contributed by atoms with E-state index < -0.39 is 0 Å². The molecular weight excluding hydrogens is 236 g/mol. The van der Waals surface area contributed by atoms with Crippen molar-refractivity contribution in [2.45, 2.75) is 20.3 Å². The molecule has 0 aliphatic heterocycles. The number of phenolic OH excluding ortho intramolecular Hbond substituents is 1. The first-order valence-electron chi connectivity index (χ1n) is 6.68. The molecule has 0 radical (unpaired) electrons. The highest BCUT2D eigenvalue weighted by Gasteiger charge is 2.09. The minimum atomic E-state index is 0.280. The number of rotatable bonds is 5. The number of benzene rings is 2. The van der Waals surface area contributed by atoms with Crippen molar-refractivity contribution in [1.82, 2.24) is 0 Å². The van der Waals surface area contributed by atoms with Crippen LogP contribution in [0.1, 0.15) is 20.3 Å². The van der Waals surface area contributed by atoms with Crippen LogP contribution in [0.2, 0.25) is 0 Å². The van der Waals surface area contributed by atoms with Gasteiger partial charge in [0.25, 0.3) is 0 Å². The zero-order valence-corrected chi connectivity index (χ0v) is 11.5. The van der Waals surface area contributed by atoms with Gasteiger partial charge >= 0.3 is 0 Å². The lowest BCUT2D eigenvalue weighted by atomic mass is 10.0. The lowest BCUT2D eigenvalue weighted by Crippen LogP contribution is -2.02. The third-order valence-electron chi connectivity index (χ3n) is 3.03. The summed E-state index contributed by atoms with van der Waals surface area (Å²) in [6.45, 7) is 5.05. The van der Waals surface area contributed by atoms with Gasteiger partial charge in [-0.15, -0.1) is 0 Å². The third kappa shape index (κ3) is 3.50. The summed E-state index contributed by atoms with van der Waals surface area (Å²) >= 11 is 0. The fourth-order valence-corrected chi connectivity index (χ4v) is 1.92. The van der Waals surface area contributed by atoms with Crippen LogP contribution in [0.4, 0.5) is 0 Å². The molecule has 0 aromatic heterocycles. The topological polar surface area (TPSA) is 29.5 Å². The predicted octanol–water partition coefficient (Wildman–Crippen LogP) is 4.48. The van der Waals surface area contributed by atoms with Crippen molar-refractivity contribution in [3.63, 3.8) is 0 Å². The monoisotopic (exact) mass is 256 g/mol. The number of aromatic hydroxyl groups is 1. The van der Waals surface area contributed by atoms with E-state index in [1.165, 1.54) is 0 Å². The van der Waals surface area contributed by atoms with Crippen LogP contribution < -0.4 is 4.74 Å². The summed E-state index contributed by atoms with van der Waals surface area (Å²) in [7, 11) is 0. The van der Waals surface area contributed by atoms with E-state index in [0.717, 1.165) is 23.3 Å². The van der Waals surface area contributed by atoms with Gasteiger partial charge in [-0.2, -0.15) is 0 Å². The molecule has 19 heavy (non-hydrogen) atoms. The van der Waals surface area contributed by atoms with E-state index in [1.807, 2.05) is 42.5 Å². The van der Waals surface area contributed by atoms with Crippen molar-refractivity contribution in [3.8, 4) is 22.6 Å². The molecule has 0 unspecified atom stereocenters. The average molecular weight is 256 g/mol. The number of ether oxygens (including phenoxy) is 1. The van der Waals surface area contributed by atoms with E-state index in [2.05, 4.69) is 13.8 Å². The van der Waals surface area contributed by atoms with Crippen LogP contribution >= 0.6 is 0 Å². The maximum absolute atomic E-state index is 9.95. The highest BCUT2D eigenvalue weighted by atomic mass is 16.5. The van der Waals surface area contributed by atoms with Gasteiger partial charge in [0, 0.05) is 11.1 Å². The second-order valence-electron chi connectivity index (χ2n) is 5.04. The minimum absolute atomic E-state index is 0.280. The summed E-state index contributed by atoms with van der Waals surface area (Å²) in [5, 5.41) is 9.95. The van der Waals surface area contributed by atoms with Gasteiger partial charge < -0.3 is 9.84 Å². The summed E-state index contributed by atoms with van der Waals surface area (Å²) in [5.41, 5.74) is 1.74. The van der Waals surface area contributed by atoms with E-state index in [-0.39, 0.29) is 5.75 Å². The molecule has 2 aromatic rings. The maximum Gasteiger partial charge on any atom is 0.127 e. The molecule has 0 atom stereocenters. The van der Waals surface area contributed by atoms with Crippen molar-refractivity contribution < 1.29 is 9.84 Å². The van der Waals surface area contributed by atoms with Gasteiger partial charge in [-0.1, -0.05) is 50.2 Å². The lowest BCUT2D eigenvalue weighted by molar-refractivity contribution is 0.290. The molecule has 2 aromatic carbocycles. The van der Waals surface area contributed by atoms with E-state index in [4.69, 9.17) is 4.74 Å². The molecule has 0 bridgehead atoms. The molecule has 2 nitrogen and oxygen atoms in total. The van der Waals surface area contributed by atoms with E-state index >= 15 is 0 Å². The Morgan fingerprint density at radius 2 is 1.58 bits per heavy atom. The molecule has 0 saturated carbocycles. The number of hydrogen-bond acceptors (Lipinski definition) is 2. The second-order valence-corrected chi connectivity index (χ2v) is 5.04. The molecule has 0 aliphatic rings. The van der Waals surface area contributed by atoms with Crippen LogP contribution in [-0.4, -0.2) is 11.7 Å². The quantitative estimate of drug-likeness (QED) is 0.854. The summed E-state index contributed by atoms with van der Waals surface area (Å²) < 4.78 is 5.85. The lowest BCUT2D eigenvalue weighted by Gasteiger charge is -2.13. The Bertz CT molecular complexity index is 532. The van der Waals surface area contributed by atoms with Crippen LogP contribution in [0.15, 0.2) is 48.5 Å². The Balaban J connectivity index is 2.24. The number of para-hydroxylation sites is 2. The molecule has 0 heterocycles. The first-order valence-corrected chi connectivity index (χ1v) is 6.68. The average Bonchev–Trinajstić information content (AvgIpc) is 2.40. The molecule has 0 amide bonds. The predicted molar refractivity (Wildman–Crippen MR) is 78.5 cm³/mol. The van der Waals surface area contributed by atoms with Gasteiger partial charge in [0.1, 0.15) is 11.5 Å². The van der Waals surface area contributed by atoms with Crippen LogP contribution in [0.5, 0.6) is 11.5 Å². The summed E-state index contributed by atoms with van der Waals surface area (Å²) in [5.74, 6) is 1.73. The molecule has 0 saturated heterocycles. The van der Waals surface area contributed by atoms with Crippen molar-refractivity contribution in [3.05, 3.63) is 48.5 Å². The van der Waals surface area contributed by atoms with E-state index in [1.54, 1.807) is 6.07 Å². The maximum atomic E-state index is 9.95. The molecule has 0 fully saturated rings. The molecule has 0 aliphatic carbocycles. The Hall–Kier alpha value is -1.96. The fraction of sp³-hybridized carbons (Fsp3) is 0.294. The van der Waals surface area contributed by atoms with Crippen LogP contribution in [0, 0.1) is 5.92 Å². The Morgan fingerprint density at radius 1 is 0.947 bits per heavy atom. The molecule has 1 N–H and O–H groups in total. The van der Waals surface area contributed by atoms with Crippen molar-refractivity contribution in [1.29, 1.82) is 0 Å². The zero-order chi connectivity index (χ0) is 13.7. The zero-order valence-electron chi connectivity index (χ0n) is 11.5. The fourth-order valence-electron chi connectivity index (χ4n) is 1.92. The summed E-state index contributed by atoms with van der Waals surface area (Å²) in [6, 6.07) is 15.2. The second kappa shape index (κ2) is 6.28. The van der Waals surface area contributed by atoms with Crippen LogP contribution in [-0.2, 0) is 0 Å². The Morgan fingerprint density at radius 3 is 2.26 bits per heavy atom. The molecule has 2 rings (SSSR count). The molecule has 2 heteroatoms. The molecule has 0 spiro atoms. The molecular formula is C17H20O2. The SMILES string of the molecule is CC(C)CCOc1ccccc1-c1ccccc1O. The van der Waals surface area contributed by atoms with Gasteiger partial charge in [0.05, 0.1) is 6.61 Å². The largest absolute Gasteiger partial charge is 0.507 e. The number of hydrogen-bond donors (Lipinski definition) is 1. The van der Waals surface area contributed by atoms with Crippen molar-refractivity contribution in [2.75, 3.05) is 6.61 Å². The van der Waals surface area contributed by atoms with Gasteiger partial charge in [-0.05, 0) is 24.5 Å². The number of phenols is 1. The van der Waals surface area contributed by atoms with E-state index in [0.29, 0.717) is 12.5 Å². The Kier molecular flexibility index (Phi) is 4.45. The Labute approximate surface area is 114 Å². The smallest absolute Gasteiger partial charge is 0.127 e.